The molecule has 0 atom stereocenters. The molecule has 0 radical (unpaired) electrons. The minimum Gasteiger partial charge on any atom is -0.507 e. The molecule has 2 rings (SSSR count). The second-order valence-electron chi connectivity index (χ2n) is 4.05. The Morgan fingerprint density at radius 3 is 2.94 bits per heavy atom. The average Bonchev–Trinajstić information content (AvgIpc) is 2.32. The van der Waals surface area contributed by atoms with Gasteiger partial charge in [0.25, 0.3) is 5.91 Å². The van der Waals surface area contributed by atoms with Crippen LogP contribution >= 0.6 is 0 Å². The molecule has 1 aliphatic heterocycles. The van der Waals surface area contributed by atoms with Crippen molar-refractivity contribution in [1.29, 1.82) is 0 Å². The molecule has 0 spiro atoms. The van der Waals surface area contributed by atoms with Crippen LogP contribution in [0.25, 0.3) is 0 Å². The average molecular weight is 234 g/mol. The summed E-state index contributed by atoms with van der Waals surface area (Å²) in [6.07, 6.45) is 0. The Morgan fingerprint density at radius 1 is 1.47 bits per heavy atom. The van der Waals surface area contributed by atoms with Gasteiger partial charge in [-0.15, -0.1) is 0 Å². The highest BCUT2D eigenvalue weighted by molar-refractivity contribution is 5.99. The van der Waals surface area contributed by atoms with Gasteiger partial charge in [0.05, 0.1) is 12.1 Å². The van der Waals surface area contributed by atoms with Gasteiger partial charge in [-0.1, -0.05) is 12.1 Å². The van der Waals surface area contributed by atoms with Crippen LogP contribution in [0.15, 0.2) is 18.2 Å². The summed E-state index contributed by atoms with van der Waals surface area (Å²) in [6, 6.07) is 5.01. The van der Waals surface area contributed by atoms with Crippen molar-refractivity contribution >= 4 is 11.8 Å². The number of amides is 2. The number of rotatable bonds is 1. The van der Waals surface area contributed by atoms with Crippen LogP contribution in [0.5, 0.6) is 5.75 Å². The second kappa shape index (κ2) is 4.45. The number of piperazine rings is 1. The molecule has 5 nitrogen and oxygen atoms in total. The predicted molar refractivity (Wildman–Crippen MR) is 61.8 cm³/mol. The van der Waals surface area contributed by atoms with Gasteiger partial charge in [0, 0.05) is 13.1 Å². The summed E-state index contributed by atoms with van der Waals surface area (Å²) in [7, 11) is 0. The number of nitrogens with one attached hydrogen (secondary N) is 1. The van der Waals surface area contributed by atoms with E-state index in [1.165, 1.54) is 4.90 Å². The van der Waals surface area contributed by atoms with Crippen LogP contribution in [0.3, 0.4) is 0 Å². The number of benzene rings is 1. The lowest BCUT2D eigenvalue weighted by molar-refractivity contribution is -0.123. The van der Waals surface area contributed by atoms with Gasteiger partial charge in [-0.3, -0.25) is 9.59 Å². The van der Waals surface area contributed by atoms with E-state index in [1.807, 2.05) is 0 Å². The van der Waals surface area contributed by atoms with Gasteiger partial charge >= 0.3 is 0 Å². The van der Waals surface area contributed by atoms with E-state index in [9.17, 15) is 14.7 Å². The first-order chi connectivity index (χ1) is 8.09. The van der Waals surface area contributed by atoms with E-state index in [0.29, 0.717) is 18.7 Å². The Kier molecular flexibility index (Phi) is 2.99. The van der Waals surface area contributed by atoms with E-state index >= 15 is 0 Å². The van der Waals surface area contributed by atoms with Crippen LogP contribution in [0.1, 0.15) is 15.9 Å². The summed E-state index contributed by atoms with van der Waals surface area (Å²) < 4.78 is 0. The van der Waals surface area contributed by atoms with Crippen LogP contribution in [-0.2, 0) is 4.79 Å². The van der Waals surface area contributed by atoms with Crippen LogP contribution < -0.4 is 5.32 Å². The maximum Gasteiger partial charge on any atom is 0.258 e. The molecule has 0 bridgehead atoms. The number of carbonyl (C=O) groups excluding carboxylic acids is 2. The zero-order valence-corrected chi connectivity index (χ0v) is 9.56. The van der Waals surface area contributed by atoms with Gasteiger partial charge in [0.15, 0.2) is 0 Å². The Balaban J connectivity index is 2.24. The largest absolute Gasteiger partial charge is 0.507 e. The molecule has 0 unspecified atom stereocenters. The van der Waals surface area contributed by atoms with E-state index in [2.05, 4.69) is 5.32 Å². The molecule has 1 heterocycles. The zero-order valence-electron chi connectivity index (χ0n) is 9.56. The second-order valence-corrected chi connectivity index (χ2v) is 4.05. The third kappa shape index (κ3) is 2.22. The number of hydrogen-bond donors (Lipinski definition) is 2. The fourth-order valence-electron chi connectivity index (χ4n) is 1.81. The Labute approximate surface area is 99.0 Å². The fraction of sp³-hybridized carbons (Fsp3) is 0.333. The molecule has 0 aliphatic carbocycles. The molecule has 1 aliphatic rings. The van der Waals surface area contributed by atoms with Crippen LogP contribution in [0.4, 0.5) is 0 Å². The molecule has 1 saturated heterocycles. The maximum atomic E-state index is 12.1. The fourth-order valence-corrected chi connectivity index (χ4v) is 1.81. The van der Waals surface area contributed by atoms with E-state index in [4.69, 9.17) is 0 Å². The quantitative estimate of drug-likeness (QED) is 0.733. The van der Waals surface area contributed by atoms with E-state index in [-0.39, 0.29) is 29.7 Å². The Bertz CT molecular complexity index is 471. The smallest absolute Gasteiger partial charge is 0.258 e. The lowest BCUT2D eigenvalue weighted by Crippen LogP contribution is -2.49. The van der Waals surface area contributed by atoms with Crippen molar-refractivity contribution in [3.05, 3.63) is 29.3 Å². The molecule has 1 aromatic rings. The lowest BCUT2D eigenvalue weighted by Gasteiger charge is -2.27. The molecule has 0 saturated carbocycles. The minimum absolute atomic E-state index is 0.0107. The van der Waals surface area contributed by atoms with Crippen molar-refractivity contribution in [3.8, 4) is 5.75 Å². The molecule has 90 valence electrons. The van der Waals surface area contributed by atoms with E-state index < -0.39 is 0 Å². The molecule has 2 amide bonds. The van der Waals surface area contributed by atoms with E-state index in [1.54, 1.807) is 25.1 Å². The number of carbonyl (C=O) groups is 2. The number of aryl methyl sites for hydroxylation is 1. The van der Waals surface area contributed by atoms with Crippen LogP contribution in [0.2, 0.25) is 0 Å². The number of phenols is 1. The van der Waals surface area contributed by atoms with E-state index in [0.717, 1.165) is 0 Å². The third-order valence-electron chi connectivity index (χ3n) is 2.79. The normalized spacial score (nSPS) is 15.6. The van der Waals surface area contributed by atoms with Gasteiger partial charge in [-0.2, -0.15) is 0 Å². The highest BCUT2D eigenvalue weighted by atomic mass is 16.3. The highest BCUT2D eigenvalue weighted by Crippen LogP contribution is 2.22. The van der Waals surface area contributed by atoms with Gasteiger partial charge in [-0.25, -0.2) is 0 Å². The first-order valence-electron chi connectivity index (χ1n) is 5.44. The van der Waals surface area contributed by atoms with Crippen molar-refractivity contribution in [1.82, 2.24) is 10.2 Å². The molecule has 2 N–H and O–H groups in total. The summed E-state index contributed by atoms with van der Waals surface area (Å²) in [5, 5.41) is 12.5. The number of aromatic hydroxyl groups is 1. The molecule has 1 aromatic carbocycles. The third-order valence-corrected chi connectivity index (χ3v) is 2.79. The molecular formula is C12H14N2O3. The monoisotopic (exact) mass is 234 g/mol. The Hall–Kier alpha value is -2.04. The zero-order chi connectivity index (χ0) is 12.4. The van der Waals surface area contributed by atoms with Crippen molar-refractivity contribution < 1.29 is 14.7 Å². The van der Waals surface area contributed by atoms with Crippen molar-refractivity contribution in [2.24, 2.45) is 0 Å². The molecule has 0 aromatic heterocycles. The van der Waals surface area contributed by atoms with Gasteiger partial charge < -0.3 is 15.3 Å². The number of nitrogens with zero attached hydrogens (tertiary/aromatic N) is 1. The summed E-state index contributed by atoms with van der Waals surface area (Å²) in [5.41, 5.74) is 0.900. The molecular weight excluding hydrogens is 220 g/mol. The van der Waals surface area contributed by atoms with Crippen LogP contribution in [-0.4, -0.2) is 41.5 Å². The number of phenolic OH excluding ortho intramolecular Hbond substituents is 1. The van der Waals surface area contributed by atoms with Crippen molar-refractivity contribution in [2.75, 3.05) is 19.6 Å². The molecule has 5 heteroatoms. The SMILES string of the molecule is Cc1cccc(C(=O)N2CCNC(=O)C2)c1O. The van der Waals surface area contributed by atoms with Gasteiger partial charge in [0.1, 0.15) is 5.75 Å². The lowest BCUT2D eigenvalue weighted by atomic mass is 10.1. The maximum absolute atomic E-state index is 12.1. The summed E-state index contributed by atoms with van der Waals surface area (Å²) in [5.74, 6) is -0.485. The van der Waals surface area contributed by atoms with Crippen LogP contribution in [0, 0.1) is 6.92 Å². The Morgan fingerprint density at radius 2 is 2.24 bits per heavy atom. The summed E-state index contributed by atoms with van der Waals surface area (Å²) in [4.78, 5) is 24.7. The molecule has 17 heavy (non-hydrogen) atoms. The van der Waals surface area contributed by atoms with Gasteiger partial charge in [0.2, 0.25) is 5.91 Å². The van der Waals surface area contributed by atoms with Crippen molar-refractivity contribution in [3.63, 3.8) is 0 Å². The van der Waals surface area contributed by atoms with Gasteiger partial charge in [-0.05, 0) is 18.6 Å². The number of para-hydroxylation sites is 1. The highest BCUT2D eigenvalue weighted by Gasteiger charge is 2.24. The molecule has 1 fully saturated rings. The first-order valence-corrected chi connectivity index (χ1v) is 5.44. The summed E-state index contributed by atoms with van der Waals surface area (Å²) >= 11 is 0. The number of hydrogen-bond acceptors (Lipinski definition) is 3. The standard InChI is InChI=1S/C12H14N2O3/c1-8-3-2-4-9(11(8)16)12(17)14-6-5-13-10(15)7-14/h2-4,16H,5-7H2,1H3,(H,13,15). The van der Waals surface area contributed by atoms with Crippen molar-refractivity contribution in [2.45, 2.75) is 6.92 Å². The topological polar surface area (TPSA) is 69.6 Å². The minimum atomic E-state index is -0.305. The first kappa shape index (κ1) is 11.4. The summed E-state index contributed by atoms with van der Waals surface area (Å²) in [6.45, 7) is 2.70. The predicted octanol–water partition coefficient (Wildman–Crippen LogP) is 0.273.